The standard InChI is InChI=1S/C20H21F3N2O4S/c21-20(22,23)29-16-6-4-5-15(13-16)14-24-19(26)25-11-9-18(10-12-25)30(27,28)17-7-2-1-3-8-17/h1-8,13,18H,9-12,14H2,(H,24,26). The van der Waals surface area contributed by atoms with Crippen LogP contribution in [0.1, 0.15) is 18.4 Å². The van der Waals surface area contributed by atoms with Crippen molar-refractivity contribution >= 4 is 15.9 Å². The lowest BCUT2D eigenvalue weighted by molar-refractivity contribution is -0.274. The molecule has 0 aromatic heterocycles. The van der Waals surface area contributed by atoms with E-state index in [4.69, 9.17) is 0 Å². The van der Waals surface area contributed by atoms with Crippen molar-refractivity contribution in [1.82, 2.24) is 10.2 Å². The monoisotopic (exact) mass is 442 g/mol. The zero-order valence-electron chi connectivity index (χ0n) is 15.9. The first kappa shape index (κ1) is 21.9. The minimum atomic E-state index is -4.79. The Morgan fingerprint density at radius 1 is 1.07 bits per heavy atom. The number of likely N-dealkylation sites (tertiary alicyclic amines) is 1. The van der Waals surface area contributed by atoms with E-state index in [1.165, 1.54) is 23.1 Å². The number of halogens is 3. The van der Waals surface area contributed by atoms with Gasteiger partial charge in [-0.05, 0) is 42.7 Å². The van der Waals surface area contributed by atoms with Crippen LogP contribution in [0, 0.1) is 0 Å². The van der Waals surface area contributed by atoms with Gasteiger partial charge in [-0.2, -0.15) is 0 Å². The highest BCUT2D eigenvalue weighted by atomic mass is 32.2. The number of sulfone groups is 1. The summed E-state index contributed by atoms with van der Waals surface area (Å²) < 4.78 is 66.2. The Morgan fingerprint density at radius 2 is 1.73 bits per heavy atom. The SMILES string of the molecule is O=C(NCc1cccc(OC(F)(F)F)c1)N1CCC(S(=O)(=O)c2ccccc2)CC1. The van der Waals surface area contributed by atoms with Gasteiger partial charge in [-0.15, -0.1) is 13.2 Å². The van der Waals surface area contributed by atoms with Crippen molar-refractivity contribution in [1.29, 1.82) is 0 Å². The van der Waals surface area contributed by atoms with Crippen molar-refractivity contribution in [3.8, 4) is 5.75 Å². The summed E-state index contributed by atoms with van der Waals surface area (Å²) in [5, 5.41) is 2.09. The van der Waals surface area contributed by atoms with E-state index in [2.05, 4.69) is 10.1 Å². The number of amides is 2. The highest BCUT2D eigenvalue weighted by molar-refractivity contribution is 7.92. The molecule has 1 N–H and O–H groups in total. The molecular formula is C20H21F3N2O4S. The average Bonchev–Trinajstić information content (AvgIpc) is 2.72. The number of alkyl halides is 3. The second-order valence-electron chi connectivity index (χ2n) is 6.90. The summed E-state index contributed by atoms with van der Waals surface area (Å²) in [7, 11) is -3.45. The van der Waals surface area contributed by atoms with E-state index in [0.717, 1.165) is 0 Å². The molecule has 0 radical (unpaired) electrons. The molecule has 1 fully saturated rings. The first-order chi connectivity index (χ1) is 14.1. The van der Waals surface area contributed by atoms with Crippen LogP contribution in [0.2, 0.25) is 0 Å². The topological polar surface area (TPSA) is 75.7 Å². The number of carbonyl (C=O) groups is 1. The maximum atomic E-state index is 12.7. The van der Waals surface area contributed by atoms with Gasteiger partial charge in [0.1, 0.15) is 5.75 Å². The van der Waals surface area contributed by atoms with Crippen LogP contribution in [0.5, 0.6) is 5.75 Å². The number of benzene rings is 2. The third kappa shape index (κ3) is 5.65. The molecule has 10 heteroatoms. The Morgan fingerprint density at radius 3 is 2.37 bits per heavy atom. The van der Waals surface area contributed by atoms with Gasteiger partial charge in [-0.25, -0.2) is 13.2 Å². The summed E-state index contributed by atoms with van der Waals surface area (Å²) in [6, 6.07) is 13.2. The van der Waals surface area contributed by atoms with Crippen molar-refractivity contribution in [3.05, 3.63) is 60.2 Å². The largest absolute Gasteiger partial charge is 0.573 e. The van der Waals surface area contributed by atoms with Gasteiger partial charge >= 0.3 is 12.4 Å². The van der Waals surface area contributed by atoms with Gasteiger partial charge in [-0.1, -0.05) is 30.3 Å². The van der Waals surface area contributed by atoms with Gasteiger partial charge in [0, 0.05) is 19.6 Å². The van der Waals surface area contributed by atoms with Crippen LogP contribution in [0.25, 0.3) is 0 Å². The molecule has 2 aromatic carbocycles. The molecule has 1 aliphatic rings. The third-order valence-corrected chi connectivity index (χ3v) is 7.09. The Hall–Kier alpha value is -2.75. The summed E-state index contributed by atoms with van der Waals surface area (Å²) in [6.07, 6.45) is -4.15. The predicted molar refractivity (Wildman–Crippen MR) is 104 cm³/mol. The van der Waals surface area contributed by atoms with Crippen LogP contribution < -0.4 is 10.1 Å². The molecular weight excluding hydrogens is 421 g/mol. The normalized spacial score (nSPS) is 15.6. The lowest BCUT2D eigenvalue weighted by Gasteiger charge is -2.31. The molecule has 0 bridgehead atoms. The fraction of sp³-hybridized carbons (Fsp3) is 0.350. The first-order valence-electron chi connectivity index (χ1n) is 9.31. The molecule has 1 saturated heterocycles. The van der Waals surface area contributed by atoms with Crippen LogP contribution in [-0.2, 0) is 16.4 Å². The fourth-order valence-corrected chi connectivity index (χ4v) is 5.07. The highest BCUT2D eigenvalue weighted by Crippen LogP contribution is 2.25. The summed E-state index contributed by atoms with van der Waals surface area (Å²) in [5.41, 5.74) is 0.451. The number of carbonyl (C=O) groups excluding carboxylic acids is 1. The van der Waals surface area contributed by atoms with E-state index in [1.54, 1.807) is 36.4 Å². The number of urea groups is 1. The number of hydrogen-bond acceptors (Lipinski definition) is 4. The van der Waals surface area contributed by atoms with Crippen LogP contribution >= 0.6 is 0 Å². The van der Waals surface area contributed by atoms with E-state index < -0.39 is 27.5 Å². The van der Waals surface area contributed by atoms with E-state index >= 15 is 0 Å². The van der Waals surface area contributed by atoms with Crippen LogP contribution in [0.3, 0.4) is 0 Å². The number of rotatable bonds is 5. The molecule has 2 aromatic rings. The number of ether oxygens (including phenoxy) is 1. The predicted octanol–water partition coefficient (Wildman–Crippen LogP) is 3.73. The minimum Gasteiger partial charge on any atom is -0.406 e. The van der Waals surface area contributed by atoms with E-state index in [0.29, 0.717) is 18.4 Å². The molecule has 0 spiro atoms. The molecule has 162 valence electrons. The summed E-state index contributed by atoms with van der Waals surface area (Å²) >= 11 is 0. The molecule has 1 aliphatic heterocycles. The Kier molecular flexibility index (Phi) is 6.55. The molecule has 0 saturated carbocycles. The van der Waals surface area contributed by atoms with E-state index in [-0.39, 0.29) is 30.3 Å². The Labute approximate surface area is 172 Å². The molecule has 0 unspecified atom stereocenters. The number of nitrogens with one attached hydrogen (secondary N) is 1. The Balaban J connectivity index is 1.52. The van der Waals surface area contributed by atoms with E-state index in [9.17, 15) is 26.4 Å². The van der Waals surface area contributed by atoms with Gasteiger partial charge in [0.15, 0.2) is 9.84 Å². The summed E-state index contributed by atoms with van der Waals surface area (Å²) in [6.45, 7) is 0.579. The lowest BCUT2D eigenvalue weighted by Crippen LogP contribution is -2.46. The Bertz CT molecular complexity index is 973. The quantitative estimate of drug-likeness (QED) is 0.766. The number of piperidine rings is 1. The molecule has 6 nitrogen and oxygen atoms in total. The fourth-order valence-electron chi connectivity index (χ4n) is 3.31. The van der Waals surface area contributed by atoms with E-state index in [1.807, 2.05) is 0 Å². The molecule has 1 heterocycles. The third-order valence-electron chi connectivity index (χ3n) is 4.82. The van der Waals surface area contributed by atoms with Crippen molar-refractivity contribution in [2.75, 3.05) is 13.1 Å². The highest BCUT2D eigenvalue weighted by Gasteiger charge is 2.33. The van der Waals surface area contributed by atoms with Gasteiger partial charge in [0.2, 0.25) is 0 Å². The zero-order chi connectivity index (χ0) is 21.8. The van der Waals surface area contributed by atoms with Gasteiger partial charge in [0.05, 0.1) is 10.1 Å². The second kappa shape index (κ2) is 8.95. The average molecular weight is 442 g/mol. The number of hydrogen-bond donors (Lipinski definition) is 1. The van der Waals surface area contributed by atoms with Crippen molar-refractivity contribution in [3.63, 3.8) is 0 Å². The first-order valence-corrected chi connectivity index (χ1v) is 10.9. The zero-order valence-corrected chi connectivity index (χ0v) is 16.7. The second-order valence-corrected chi connectivity index (χ2v) is 9.13. The van der Waals surface area contributed by atoms with Gasteiger partial charge in [-0.3, -0.25) is 0 Å². The maximum absolute atomic E-state index is 12.7. The van der Waals surface area contributed by atoms with Gasteiger partial charge in [0.25, 0.3) is 0 Å². The molecule has 30 heavy (non-hydrogen) atoms. The molecule has 0 atom stereocenters. The van der Waals surface area contributed by atoms with Crippen molar-refractivity contribution < 1.29 is 31.1 Å². The molecule has 0 aliphatic carbocycles. The van der Waals surface area contributed by atoms with Crippen molar-refractivity contribution in [2.24, 2.45) is 0 Å². The van der Waals surface area contributed by atoms with Crippen LogP contribution in [0.15, 0.2) is 59.5 Å². The van der Waals surface area contributed by atoms with Crippen molar-refractivity contribution in [2.45, 2.75) is 35.9 Å². The maximum Gasteiger partial charge on any atom is 0.573 e. The number of nitrogens with zero attached hydrogens (tertiary/aromatic N) is 1. The lowest BCUT2D eigenvalue weighted by atomic mass is 10.1. The van der Waals surface area contributed by atoms with Crippen LogP contribution in [-0.4, -0.2) is 44.1 Å². The van der Waals surface area contributed by atoms with Gasteiger partial charge < -0.3 is 15.0 Å². The molecule has 2 amide bonds. The van der Waals surface area contributed by atoms with Crippen LogP contribution in [0.4, 0.5) is 18.0 Å². The smallest absolute Gasteiger partial charge is 0.406 e. The molecule has 3 rings (SSSR count). The summed E-state index contributed by atoms with van der Waals surface area (Å²) in [5.74, 6) is -0.360. The summed E-state index contributed by atoms with van der Waals surface area (Å²) in [4.78, 5) is 14.1. The minimum absolute atomic E-state index is 0.0239.